The van der Waals surface area contributed by atoms with Crippen LogP contribution in [0, 0.1) is 0 Å². The average molecular weight is 513 g/mol. The van der Waals surface area contributed by atoms with Crippen LogP contribution in [0.15, 0.2) is 42.6 Å². The first-order valence-corrected chi connectivity index (χ1v) is 13.9. The van der Waals surface area contributed by atoms with Crippen LogP contribution >= 0.6 is 0 Å². The van der Waals surface area contributed by atoms with Crippen LogP contribution in [0.25, 0.3) is 0 Å². The van der Waals surface area contributed by atoms with Gasteiger partial charge in [-0.2, -0.15) is 10.1 Å². The molecule has 3 aromatic rings. The molecule has 11 heteroatoms. The summed E-state index contributed by atoms with van der Waals surface area (Å²) in [4.78, 5) is 13.8. The Hall–Kier alpha value is -3.18. The van der Waals surface area contributed by atoms with Crippen LogP contribution in [0.4, 0.5) is 17.6 Å². The predicted molar refractivity (Wildman–Crippen MR) is 138 cm³/mol. The van der Waals surface area contributed by atoms with E-state index in [0.29, 0.717) is 49.6 Å². The van der Waals surface area contributed by atoms with Crippen molar-refractivity contribution in [3.8, 4) is 5.75 Å². The standard InChI is InChI=1S/C25H32N6O4S/c1-17-14-34-15-19-16-35-21-22(25(2,3)36(5,32)33)27-24(28-23(21)31(17)19)29(4)20-11-12-26-30(20)13-18-9-7-6-8-10-18/h6-12,17,19H,13-16H2,1-5H3/t17-,19+/m1/s1. The summed E-state index contributed by atoms with van der Waals surface area (Å²) in [5.41, 5.74) is 1.46. The van der Waals surface area contributed by atoms with Crippen LogP contribution < -0.4 is 14.5 Å². The fourth-order valence-corrected chi connectivity index (χ4v) is 5.13. The van der Waals surface area contributed by atoms with Crippen molar-refractivity contribution in [3.63, 3.8) is 0 Å². The third-order valence-corrected chi connectivity index (χ3v) is 9.10. The van der Waals surface area contributed by atoms with E-state index in [1.54, 1.807) is 20.0 Å². The lowest BCUT2D eigenvalue weighted by atomic mass is 10.0. The molecule has 0 N–H and O–H groups in total. The first-order chi connectivity index (χ1) is 17.1. The molecule has 4 heterocycles. The number of benzene rings is 1. The number of anilines is 3. The molecule has 0 aliphatic carbocycles. The summed E-state index contributed by atoms with van der Waals surface area (Å²) < 4.78 is 38.2. The van der Waals surface area contributed by atoms with Crippen molar-refractivity contribution in [3.05, 3.63) is 53.9 Å². The highest BCUT2D eigenvalue weighted by atomic mass is 32.2. The van der Waals surface area contributed by atoms with Crippen molar-refractivity contribution in [2.24, 2.45) is 0 Å². The highest BCUT2D eigenvalue weighted by molar-refractivity contribution is 7.91. The first-order valence-electron chi connectivity index (χ1n) is 12.0. The second kappa shape index (κ2) is 9.04. The van der Waals surface area contributed by atoms with Gasteiger partial charge in [-0.1, -0.05) is 30.3 Å². The van der Waals surface area contributed by atoms with Crippen LogP contribution in [-0.4, -0.2) is 73.4 Å². The number of hydrogen-bond donors (Lipinski definition) is 0. The largest absolute Gasteiger partial charge is 0.486 e. The molecule has 1 saturated heterocycles. The van der Waals surface area contributed by atoms with E-state index in [1.807, 2.05) is 53.0 Å². The molecule has 0 saturated carbocycles. The Kier molecular flexibility index (Phi) is 6.16. The second-order valence-corrected chi connectivity index (χ2v) is 12.5. The number of nitrogens with zero attached hydrogens (tertiary/aromatic N) is 6. The molecule has 2 aliphatic rings. The summed E-state index contributed by atoms with van der Waals surface area (Å²) in [5, 5.41) is 4.51. The maximum Gasteiger partial charge on any atom is 0.233 e. The van der Waals surface area contributed by atoms with Crippen LogP contribution in [-0.2, 0) is 25.9 Å². The predicted octanol–water partition coefficient (Wildman–Crippen LogP) is 2.76. The van der Waals surface area contributed by atoms with Gasteiger partial charge in [0.05, 0.1) is 38.0 Å². The summed E-state index contributed by atoms with van der Waals surface area (Å²) in [7, 11) is -1.66. The Morgan fingerprint density at radius 1 is 1.11 bits per heavy atom. The smallest absolute Gasteiger partial charge is 0.233 e. The summed E-state index contributed by atoms with van der Waals surface area (Å²) in [6.45, 7) is 7.42. The number of aromatic nitrogens is 4. The lowest BCUT2D eigenvalue weighted by Crippen LogP contribution is -2.56. The minimum Gasteiger partial charge on any atom is -0.486 e. The Bertz CT molecular complexity index is 1360. The van der Waals surface area contributed by atoms with Gasteiger partial charge < -0.3 is 14.4 Å². The molecule has 5 rings (SSSR count). The minimum absolute atomic E-state index is 0.00731. The lowest BCUT2D eigenvalue weighted by Gasteiger charge is -2.45. The van der Waals surface area contributed by atoms with Crippen molar-refractivity contribution in [2.45, 2.75) is 44.1 Å². The molecule has 2 aliphatic heterocycles. The van der Waals surface area contributed by atoms with Gasteiger partial charge in [-0.3, -0.25) is 4.90 Å². The molecule has 10 nitrogen and oxygen atoms in total. The highest BCUT2D eigenvalue weighted by Gasteiger charge is 2.44. The van der Waals surface area contributed by atoms with Gasteiger partial charge in [0.15, 0.2) is 21.4 Å². The van der Waals surface area contributed by atoms with E-state index in [0.717, 1.165) is 11.4 Å². The van der Waals surface area contributed by atoms with Crippen LogP contribution in [0.1, 0.15) is 32.0 Å². The number of ether oxygens (including phenoxy) is 2. The Balaban J connectivity index is 1.63. The fourth-order valence-electron chi connectivity index (χ4n) is 4.64. The third kappa shape index (κ3) is 4.20. The zero-order valence-corrected chi connectivity index (χ0v) is 22.1. The van der Waals surface area contributed by atoms with E-state index < -0.39 is 14.6 Å². The second-order valence-electron chi connectivity index (χ2n) is 9.96. The first kappa shape index (κ1) is 24.5. The van der Waals surface area contributed by atoms with Gasteiger partial charge >= 0.3 is 0 Å². The van der Waals surface area contributed by atoms with Crippen molar-refractivity contribution < 1.29 is 17.9 Å². The Morgan fingerprint density at radius 2 is 1.86 bits per heavy atom. The van der Waals surface area contributed by atoms with E-state index in [9.17, 15) is 8.42 Å². The van der Waals surface area contributed by atoms with E-state index in [1.165, 1.54) is 6.26 Å². The molecule has 1 fully saturated rings. The molecule has 0 amide bonds. The third-order valence-electron chi connectivity index (χ3n) is 7.05. The maximum atomic E-state index is 12.9. The Morgan fingerprint density at radius 3 is 2.58 bits per heavy atom. The Labute approximate surface area is 211 Å². The van der Waals surface area contributed by atoms with Crippen LogP contribution in [0.2, 0.25) is 0 Å². The fraction of sp³-hybridized carbons (Fsp3) is 0.480. The van der Waals surface area contributed by atoms with Gasteiger partial charge in [0, 0.05) is 19.4 Å². The number of fused-ring (bicyclic) bond motifs is 3. The molecular formula is C25H32N6O4S. The van der Waals surface area contributed by atoms with Crippen molar-refractivity contribution in [1.29, 1.82) is 0 Å². The van der Waals surface area contributed by atoms with Gasteiger partial charge in [-0.25, -0.2) is 18.1 Å². The molecule has 1 aromatic carbocycles. The molecule has 0 unspecified atom stereocenters. The minimum atomic E-state index is -3.53. The molecule has 0 radical (unpaired) electrons. The normalized spacial score (nSPS) is 19.9. The number of hydrogen-bond acceptors (Lipinski definition) is 9. The number of morpholine rings is 1. The number of sulfone groups is 1. The average Bonchev–Trinajstić information content (AvgIpc) is 3.30. The summed E-state index contributed by atoms with van der Waals surface area (Å²) in [5.74, 6) is 2.17. The molecule has 0 bridgehead atoms. The van der Waals surface area contributed by atoms with Crippen molar-refractivity contribution in [1.82, 2.24) is 19.7 Å². The van der Waals surface area contributed by atoms with Gasteiger partial charge in [0.2, 0.25) is 5.95 Å². The maximum absolute atomic E-state index is 12.9. The van der Waals surface area contributed by atoms with Gasteiger partial charge in [0.1, 0.15) is 22.9 Å². The molecule has 36 heavy (non-hydrogen) atoms. The number of rotatable bonds is 6. The van der Waals surface area contributed by atoms with Gasteiger partial charge in [-0.05, 0) is 26.3 Å². The molecule has 2 aromatic heterocycles. The summed E-state index contributed by atoms with van der Waals surface area (Å²) in [6.07, 6.45) is 2.96. The molecule has 0 spiro atoms. The molecule has 192 valence electrons. The SMILES string of the molecule is C[C@@H]1COC[C@H]2COc3c(nc(N(C)c4ccnn4Cc4ccccc4)nc3C(C)(C)S(C)(=O)=O)N21. The van der Waals surface area contributed by atoms with E-state index >= 15 is 0 Å². The summed E-state index contributed by atoms with van der Waals surface area (Å²) in [6, 6.07) is 12.0. The monoisotopic (exact) mass is 512 g/mol. The van der Waals surface area contributed by atoms with Crippen LogP contribution in [0.3, 0.4) is 0 Å². The zero-order valence-electron chi connectivity index (χ0n) is 21.2. The molecule has 2 atom stereocenters. The molecular weight excluding hydrogens is 480 g/mol. The summed E-state index contributed by atoms with van der Waals surface area (Å²) >= 11 is 0. The van der Waals surface area contributed by atoms with Crippen molar-refractivity contribution >= 4 is 27.4 Å². The van der Waals surface area contributed by atoms with E-state index in [-0.39, 0.29) is 12.1 Å². The van der Waals surface area contributed by atoms with Gasteiger partial charge in [-0.15, -0.1) is 0 Å². The van der Waals surface area contributed by atoms with Gasteiger partial charge in [0.25, 0.3) is 0 Å². The zero-order chi connectivity index (χ0) is 25.7. The quantitative estimate of drug-likeness (QED) is 0.493. The van der Waals surface area contributed by atoms with E-state index in [4.69, 9.17) is 19.4 Å². The highest BCUT2D eigenvalue weighted by Crippen LogP contribution is 2.44. The van der Waals surface area contributed by atoms with Crippen molar-refractivity contribution in [2.75, 3.05) is 42.9 Å². The topological polar surface area (TPSA) is 103 Å². The van der Waals surface area contributed by atoms with E-state index in [2.05, 4.69) is 16.9 Å². The van der Waals surface area contributed by atoms with Crippen LogP contribution in [0.5, 0.6) is 5.75 Å². The lowest BCUT2D eigenvalue weighted by molar-refractivity contribution is 0.0482.